The third-order valence-corrected chi connectivity index (χ3v) is 6.10. The summed E-state index contributed by atoms with van der Waals surface area (Å²) in [5, 5.41) is 0. The number of benzene rings is 2. The summed E-state index contributed by atoms with van der Waals surface area (Å²) in [4.78, 5) is 33.1. The van der Waals surface area contributed by atoms with Crippen molar-refractivity contribution >= 4 is 11.2 Å². The average Bonchev–Trinajstić information content (AvgIpc) is 3.46. The highest BCUT2D eigenvalue weighted by molar-refractivity contribution is 5.77. The molecular formula is C25H26N4O3. The topological polar surface area (TPSA) is 81.9 Å². The maximum absolute atomic E-state index is 13.0. The van der Waals surface area contributed by atoms with Gasteiger partial charge in [-0.2, -0.15) is 0 Å². The maximum atomic E-state index is 13.0. The standard InChI is InChI=1S/C25H26N4O3/c1-2-17-10-12-19(13-11-17)22-26-23-21(28(22)16-20-9-6-14-32-20)24(30)27-25(31)29(23)15-18-7-4-3-5-8-18/h3-5,7-8,10-13,20H,2,6,9,14-16H2,1H3,(H,27,30,31). The number of hydrogen-bond donors (Lipinski definition) is 1. The Bertz CT molecular complexity index is 1340. The number of fused-ring (bicyclic) bond motifs is 1. The van der Waals surface area contributed by atoms with E-state index in [-0.39, 0.29) is 6.10 Å². The van der Waals surface area contributed by atoms with Crippen LogP contribution in [0.15, 0.2) is 64.2 Å². The third-order valence-electron chi connectivity index (χ3n) is 6.10. The van der Waals surface area contributed by atoms with E-state index < -0.39 is 11.2 Å². The van der Waals surface area contributed by atoms with Gasteiger partial charge in [0.05, 0.1) is 19.2 Å². The number of imidazole rings is 1. The fraction of sp³-hybridized carbons (Fsp3) is 0.320. The van der Waals surface area contributed by atoms with Crippen LogP contribution in [0.25, 0.3) is 22.6 Å². The zero-order valence-corrected chi connectivity index (χ0v) is 18.1. The van der Waals surface area contributed by atoms with Gasteiger partial charge in [-0.3, -0.25) is 14.3 Å². The van der Waals surface area contributed by atoms with E-state index in [2.05, 4.69) is 24.0 Å². The lowest BCUT2D eigenvalue weighted by atomic mass is 10.1. The summed E-state index contributed by atoms with van der Waals surface area (Å²) in [6, 6.07) is 17.9. The molecule has 7 heteroatoms. The minimum absolute atomic E-state index is 0.0231. The highest BCUT2D eigenvalue weighted by Gasteiger charge is 2.24. The molecule has 1 saturated heterocycles. The van der Waals surface area contributed by atoms with Crippen LogP contribution in [-0.4, -0.2) is 31.8 Å². The molecule has 0 bridgehead atoms. The Labute approximate surface area is 185 Å². The molecule has 1 unspecified atom stereocenters. The molecule has 0 radical (unpaired) electrons. The van der Waals surface area contributed by atoms with E-state index >= 15 is 0 Å². The molecule has 4 aromatic rings. The molecule has 2 aromatic heterocycles. The van der Waals surface area contributed by atoms with E-state index in [0.29, 0.717) is 30.1 Å². The Morgan fingerprint density at radius 1 is 1.03 bits per heavy atom. The number of aryl methyl sites for hydroxylation is 1. The summed E-state index contributed by atoms with van der Waals surface area (Å²) in [5.74, 6) is 0.677. The van der Waals surface area contributed by atoms with Crippen molar-refractivity contribution in [2.24, 2.45) is 0 Å². The first-order valence-corrected chi connectivity index (χ1v) is 11.1. The van der Waals surface area contributed by atoms with E-state index in [1.807, 2.05) is 47.0 Å². The van der Waals surface area contributed by atoms with Gasteiger partial charge in [0.2, 0.25) is 0 Å². The van der Waals surface area contributed by atoms with Gasteiger partial charge < -0.3 is 9.30 Å². The largest absolute Gasteiger partial charge is 0.376 e. The quantitative estimate of drug-likeness (QED) is 0.509. The van der Waals surface area contributed by atoms with E-state index in [9.17, 15) is 9.59 Å². The minimum Gasteiger partial charge on any atom is -0.376 e. The van der Waals surface area contributed by atoms with Crippen LogP contribution in [0.1, 0.15) is 30.9 Å². The molecule has 5 rings (SSSR count). The molecule has 1 fully saturated rings. The van der Waals surface area contributed by atoms with Crippen LogP contribution in [0.2, 0.25) is 0 Å². The lowest BCUT2D eigenvalue weighted by Gasteiger charge is -2.14. The number of nitrogens with one attached hydrogen (secondary N) is 1. The van der Waals surface area contributed by atoms with Crippen molar-refractivity contribution in [3.05, 3.63) is 86.6 Å². The molecule has 2 aromatic carbocycles. The molecule has 1 N–H and O–H groups in total. The molecule has 1 aliphatic rings. The Kier molecular flexibility index (Phi) is 5.49. The molecule has 164 valence electrons. The van der Waals surface area contributed by atoms with Gasteiger partial charge in [-0.05, 0) is 30.4 Å². The van der Waals surface area contributed by atoms with Gasteiger partial charge in [0, 0.05) is 12.2 Å². The van der Waals surface area contributed by atoms with Gasteiger partial charge in [0.15, 0.2) is 11.2 Å². The summed E-state index contributed by atoms with van der Waals surface area (Å²) in [5.41, 5.74) is 3.03. The van der Waals surface area contributed by atoms with Crippen molar-refractivity contribution in [1.29, 1.82) is 0 Å². The molecule has 7 nitrogen and oxygen atoms in total. The second-order valence-corrected chi connectivity index (χ2v) is 8.23. The summed E-state index contributed by atoms with van der Waals surface area (Å²) < 4.78 is 9.33. The lowest BCUT2D eigenvalue weighted by molar-refractivity contribution is 0.0982. The first kappa shape index (κ1) is 20.5. The number of rotatable bonds is 6. The van der Waals surface area contributed by atoms with Crippen molar-refractivity contribution < 1.29 is 4.74 Å². The highest BCUT2D eigenvalue weighted by atomic mass is 16.5. The molecule has 1 atom stereocenters. The first-order valence-electron chi connectivity index (χ1n) is 11.1. The van der Waals surface area contributed by atoms with Gasteiger partial charge in [-0.25, -0.2) is 9.78 Å². The highest BCUT2D eigenvalue weighted by Crippen LogP contribution is 2.26. The van der Waals surface area contributed by atoms with E-state index in [0.717, 1.165) is 37.0 Å². The van der Waals surface area contributed by atoms with Gasteiger partial charge in [-0.15, -0.1) is 0 Å². The van der Waals surface area contributed by atoms with E-state index in [4.69, 9.17) is 9.72 Å². The van der Waals surface area contributed by atoms with Crippen molar-refractivity contribution in [1.82, 2.24) is 19.1 Å². The van der Waals surface area contributed by atoms with Gasteiger partial charge in [0.25, 0.3) is 5.56 Å². The van der Waals surface area contributed by atoms with Gasteiger partial charge in [0.1, 0.15) is 5.82 Å². The Balaban J connectivity index is 1.71. The normalized spacial score (nSPS) is 16.1. The second kappa shape index (κ2) is 8.59. The van der Waals surface area contributed by atoms with Crippen LogP contribution in [0.3, 0.4) is 0 Å². The smallest absolute Gasteiger partial charge is 0.330 e. The third kappa shape index (κ3) is 3.80. The zero-order valence-electron chi connectivity index (χ0n) is 18.1. The van der Waals surface area contributed by atoms with E-state index in [1.165, 1.54) is 5.56 Å². The van der Waals surface area contributed by atoms with Crippen molar-refractivity contribution in [2.75, 3.05) is 6.61 Å². The second-order valence-electron chi connectivity index (χ2n) is 8.23. The molecule has 0 spiro atoms. The molecule has 32 heavy (non-hydrogen) atoms. The molecule has 1 aliphatic heterocycles. The number of aromatic amines is 1. The Hall–Kier alpha value is -3.45. The molecule has 3 heterocycles. The van der Waals surface area contributed by atoms with Crippen LogP contribution in [0.5, 0.6) is 0 Å². The number of nitrogens with zero attached hydrogens (tertiary/aromatic N) is 3. The fourth-order valence-corrected chi connectivity index (χ4v) is 4.36. The lowest BCUT2D eigenvalue weighted by Crippen LogP contribution is -2.32. The molecule has 0 amide bonds. The Morgan fingerprint density at radius 3 is 2.50 bits per heavy atom. The Morgan fingerprint density at radius 2 is 1.81 bits per heavy atom. The van der Waals surface area contributed by atoms with Crippen molar-refractivity contribution in [3.8, 4) is 11.4 Å². The SMILES string of the molecule is CCc1ccc(-c2nc3c(c(=O)[nH]c(=O)n3Cc3ccccc3)n2CC2CCCO2)cc1. The van der Waals surface area contributed by atoms with Gasteiger partial charge >= 0.3 is 5.69 Å². The van der Waals surface area contributed by atoms with Crippen molar-refractivity contribution in [2.45, 2.75) is 45.4 Å². The number of H-pyrrole nitrogens is 1. The van der Waals surface area contributed by atoms with E-state index in [1.54, 1.807) is 4.57 Å². The zero-order chi connectivity index (χ0) is 22.1. The predicted octanol–water partition coefficient (Wildman–Crippen LogP) is 3.34. The summed E-state index contributed by atoms with van der Waals surface area (Å²) in [6.45, 7) is 3.70. The number of ether oxygens (including phenoxy) is 1. The van der Waals surface area contributed by atoms with Crippen LogP contribution >= 0.6 is 0 Å². The molecular weight excluding hydrogens is 404 g/mol. The van der Waals surface area contributed by atoms with Crippen molar-refractivity contribution in [3.63, 3.8) is 0 Å². The van der Waals surface area contributed by atoms with Crippen LogP contribution in [0.4, 0.5) is 0 Å². The van der Waals surface area contributed by atoms with Gasteiger partial charge in [-0.1, -0.05) is 61.5 Å². The molecule has 0 aliphatic carbocycles. The van der Waals surface area contributed by atoms with Crippen LogP contribution in [-0.2, 0) is 24.2 Å². The predicted molar refractivity (Wildman–Crippen MR) is 124 cm³/mol. The summed E-state index contributed by atoms with van der Waals surface area (Å²) in [7, 11) is 0. The summed E-state index contributed by atoms with van der Waals surface area (Å²) in [6.07, 6.45) is 2.92. The monoisotopic (exact) mass is 430 g/mol. The fourth-order valence-electron chi connectivity index (χ4n) is 4.36. The van der Waals surface area contributed by atoms with Crippen LogP contribution < -0.4 is 11.2 Å². The van der Waals surface area contributed by atoms with Crippen LogP contribution in [0, 0.1) is 0 Å². The number of aromatic nitrogens is 4. The summed E-state index contributed by atoms with van der Waals surface area (Å²) >= 11 is 0. The first-order chi connectivity index (χ1) is 15.6. The minimum atomic E-state index is -0.457. The molecule has 0 saturated carbocycles. The number of hydrogen-bond acceptors (Lipinski definition) is 4. The maximum Gasteiger partial charge on any atom is 0.330 e. The average molecular weight is 431 g/mol.